The number of rotatable bonds is 7. The molecule has 0 aliphatic carbocycles. The van der Waals surface area contributed by atoms with Gasteiger partial charge in [-0.3, -0.25) is 14.9 Å². The molecule has 1 atom stereocenters. The zero-order valence-corrected chi connectivity index (χ0v) is 12.6. The van der Waals surface area contributed by atoms with E-state index in [0.717, 1.165) is 0 Å². The number of aliphatic carboxylic acids is 1. The van der Waals surface area contributed by atoms with Gasteiger partial charge in [-0.2, -0.15) is 0 Å². The number of hydrogen-bond acceptors (Lipinski definition) is 5. The molecule has 1 amide bonds. The molecule has 0 heterocycles. The SMILES string of the molecule is CC(C)[C@@H](NC(=O)CN(C)c1ccccc1[N+](=O)[O-])C(=O)O. The van der Waals surface area contributed by atoms with Gasteiger partial charge in [-0.25, -0.2) is 4.79 Å². The highest BCUT2D eigenvalue weighted by atomic mass is 16.6. The normalized spacial score (nSPS) is 11.8. The van der Waals surface area contributed by atoms with Gasteiger partial charge in [0.1, 0.15) is 11.7 Å². The second-order valence-corrected chi connectivity index (χ2v) is 5.23. The van der Waals surface area contributed by atoms with Gasteiger partial charge in [0.05, 0.1) is 11.5 Å². The molecule has 0 radical (unpaired) electrons. The van der Waals surface area contributed by atoms with E-state index >= 15 is 0 Å². The lowest BCUT2D eigenvalue weighted by atomic mass is 10.0. The van der Waals surface area contributed by atoms with E-state index in [-0.39, 0.29) is 18.2 Å². The Morgan fingerprint density at radius 3 is 2.45 bits per heavy atom. The lowest BCUT2D eigenvalue weighted by Gasteiger charge is -2.22. The molecular weight excluding hydrogens is 290 g/mol. The third kappa shape index (κ3) is 4.44. The summed E-state index contributed by atoms with van der Waals surface area (Å²) < 4.78 is 0. The van der Waals surface area contributed by atoms with Crippen LogP contribution in [0.15, 0.2) is 24.3 Å². The number of carbonyl (C=O) groups is 2. The van der Waals surface area contributed by atoms with Crippen LogP contribution in [0, 0.1) is 16.0 Å². The third-order valence-electron chi connectivity index (χ3n) is 3.12. The van der Waals surface area contributed by atoms with Crippen LogP contribution in [0.3, 0.4) is 0 Å². The maximum absolute atomic E-state index is 11.9. The number of nitro groups is 1. The fraction of sp³-hybridized carbons (Fsp3) is 0.429. The predicted octanol–water partition coefficient (Wildman–Crippen LogP) is 1.26. The number of para-hydroxylation sites is 2. The van der Waals surface area contributed by atoms with Crippen LogP contribution in [-0.2, 0) is 9.59 Å². The number of nitrogens with zero attached hydrogens (tertiary/aromatic N) is 2. The van der Waals surface area contributed by atoms with Crippen LogP contribution in [0.1, 0.15) is 13.8 Å². The van der Waals surface area contributed by atoms with Gasteiger partial charge in [0.15, 0.2) is 0 Å². The molecule has 0 bridgehead atoms. The fourth-order valence-corrected chi connectivity index (χ4v) is 1.97. The van der Waals surface area contributed by atoms with E-state index in [4.69, 9.17) is 5.11 Å². The maximum Gasteiger partial charge on any atom is 0.326 e. The number of nitrogens with one attached hydrogen (secondary N) is 1. The average molecular weight is 309 g/mol. The standard InChI is InChI=1S/C14H19N3O5/c1-9(2)13(14(19)20)15-12(18)8-16(3)10-6-4-5-7-11(10)17(21)22/h4-7,9,13H,8H2,1-3H3,(H,15,18)(H,19,20)/t13-/m1/s1. The van der Waals surface area contributed by atoms with Gasteiger partial charge in [0, 0.05) is 13.1 Å². The van der Waals surface area contributed by atoms with Crippen molar-refractivity contribution < 1.29 is 19.6 Å². The quantitative estimate of drug-likeness (QED) is 0.579. The van der Waals surface area contributed by atoms with Crippen molar-refractivity contribution in [2.24, 2.45) is 5.92 Å². The smallest absolute Gasteiger partial charge is 0.326 e. The number of amides is 1. The topological polar surface area (TPSA) is 113 Å². The summed E-state index contributed by atoms with van der Waals surface area (Å²) in [5.41, 5.74) is 0.176. The first kappa shape index (κ1) is 17.4. The molecule has 1 rings (SSSR count). The summed E-state index contributed by atoms with van der Waals surface area (Å²) >= 11 is 0. The van der Waals surface area contributed by atoms with Crippen LogP contribution >= 0.6 is 0 Å². The van der Waals surface area contributed by atoms with Crippen molar-refractivity contribution >= 4 is 23.3 Å². The van der Waals surface area contributed by atoms with Gasteiger partial charge in [-0.15, -0.1) is 0 Å². The number of benzene rings is 1. The Hall–Kier alpha value is -2.64. The van der Waals surface area contributed by atoms with Crippen LogP contribution in [0.4, 0.5) is 11.4 Å². The Labute approximate surface area is 127 Å². The van der Waals surface area contributed by atoms with E-state index in [2.05, 4.69) is 5.32 Å². The molecule has 0 aliphatic rings. The minimum Gasteiger partial charge on any atom is -0.480 e. The van der Waals surface area contributed by atoms with Gasteiger partial charge >= 0.3 is 5.97 Å². The molecule has 0 aliphatic heterocycles. The summed E-state index contributed by atoms with van der Waals surface area (Å²) in [4.78, 5) is 34.8. The van der Waals surface area contributed by atoms with E-state index in [1.54, 1.807) is 19.9 Å². The Morgan fingerprint density at radius 1 is 1.36 bits per heavy atom. The molecule has 0 spiro atoms. The monoisotopic (exact) mass is 309 g/mol. The van der Waals surface area contributed by atoms with E-state index in [1.807, 2.05) is 0 Å². The minimum atomic E-state index is -1.11. The van der Waals surface area contributed by atoms with Crippen molar-refractivity contribution in [3.63, 3.8) is 0 Å². The van der Waals surface area contributed by atoms with Crippen molar-refractivity contribution in [1.82, 2.24) is 5.32 Å². The molecule has 2 N–H and O–H groups in total. The molecule has 0 saturated heterocycles. The maximum atomic E-state index is 11.9. The van der Waals surface area contributed by atoms with E-state index < -0.39 is 22.8 Å². The Morgan fingerprint density at radius 2 is 1.95 bits per heavy atom. The molecule has 1 aromatic carbocycles. The van der Waals surface area contributed by atoms with Gasteiger partial charge < -0.3 is 15.3 Å². The van der Waals surface area contributed by atoms with Crippen molar-refractivity contribution in [2.75, 3.05) is 18.5 Å². The van der Waals surface area contributed by atoms with Gasteiger partial charge in [-0.1, -0.05) is 26.0 Å². The first-order chi connectivity index (χ1) is 10.2. The second kappa shape index (κ2) is 7.39. The first-order valence-corrected chi connectivity index (χ1v) is 6.70. The van der Waals surface area contributed by atoms with Gasteiger partial charge in [-0.05, 0) is 12.0 Å². The molecule has 120 valence electrons. The molecule has 8 nitrogen and oxygen atoms in total. The summed E-state index contributed by atoms with van der Waals surface area (Å²) in [6, 6.07) is 5.05. The highest BCUT2D eigenvalue weighted by molar-refractivity contribution is 5.87. The van der Waals surface area contributed by atoms with Crippen LogP contribution in [-0.4, -0.2) is 41.5 Å². The molecule has 0 saturated carbocycles. The van der Waals surface area contributed by atoms with E-state index in [9.17, 15) is 19.7 Å². The fourth-order valence-electron chi connectivity index (χ4n) is 1.97. The third-order valence-corrected chi connectivity index (χ3v) is 3.12. The largest absolute Gasteiger partial charge is 0.480 e. The van der Waals surface area contributed by atoms with Crippen molar-refractivity contribution in [1.29, 1.82) is 0 Å². The number of nitro benzene ring substituents is 1. The van der Waals surface area contributed by atoms with E-state index in [0.29, 0.717) is 5.69 Å². The van der Waals surface area contributed by atoms with Crippen LogP contribution in [0.2, 0.25) is 0 Å². The average Bonchev–Trinajstić information content (AvgIpc) is 2.43. The number of carboxylic acid groups (broad SMARTS) is 1. The number of carbonyl (C=O) groups excluding carboxylic acids is 1. The summed E-state index contributed by atoms with van der Waals surface area (Å²) in [7, 11) is 1.53. The summed E-state index contributed by atoms with van der Waals surface area (Å²) in [6.07, 6.45) is 0. The number of likely N-dealkylation sites (N-methyl/N-ethyl adjacent to an activating group) is 1. The molecule has 8 heteroatoms. The Kier molecular flexibility index (Phi) is 5.85. The molecule has 22 heavy (non-hydrogen) atoms. The number of hydrogen-bond donors (Lipinski definition) is 2. The van der Waals surface area contributed by atoms with Crippen LogP contribution in [0.5, 0.6) is 0 Å². The highest BCUT2D eigenvalue weighted by Gasteiger charge is 2.24. The Balaban J connectivity index is 2.80. The second-order valence-electron chi connectivity index (χ2n) is 5.23. The number of carboxylic acids is 1. The lowest BCUT2D eigenvalue weighted by molar-refractivity contribution is -0.384. The van der Waals surface area contributed by atoms with Crippen LogP contribution in [0.25, 0.3) is 0 Å². The molecule has 0 unspecified atom stereocenters. The molecule has 0 fully saturated rings. The molecule has 1 aromatic rings. The molecular formula is C14H19N3O5. The van der Waals surface area contributed by atoms with E-state index in [1.165, 1.54) is 30.1 Å². The van der Waals surface area contributed by atoms with Crippen LogP contribution < -0.4 is 10.2 Å². The lowest BCUT2D eigenvalue weighted by Crippen LogP contribution is -2.47. The molecule has 0 aromatic heterocycles. The highest BCUT2D eigenvalue weighted by Crippen LogP contribution is 2.26. The summed E-state index contributed by atoms with van der Waals surface area (Å²) in [6.45, 7) is 3.19. The summed E-state index contributed by atoms with van der Waals surface area (Å²) in [5.74, 6) is -1.89. The zero-order valence-electron chi connectivity index (χ0n) is 12.6. The van der Waals surface area contributed by atoms with Crippen molar-refractivity contribution in [3.05, 3.63) is 34.4 Å². The predicted molar refractivity (Wildman–Crippen MR) is 80.8 cm³/mol. The Bertz CT molecular complexity index is 573. The zero-order chi connectivity index (χ0) is 16.9. The van der Waals surface area contributed by atoms with Crippen molar-refractivity contribution in [3.8, 4) is 0 Å². The van der Waals surface area contributed by atoms with Gasteiger partial charge in [0.2, 0.25) is 5.91 Å². The number of anilines is 1. The van der Waals surface area contributed by atoms with Gasteiger partial charge in [0.25, 0.3) is 5.69 Å². The summed E-state index contributed by atoms with van der Waals surface area (Å²) in [5, 5.41) is 22.4. The van der Waals surface area contributed by atoms with Crippen molar-refractivity contribution in [2.45, 2.75) is 19.9 Å². The minimum absolute atomic E-state index is 0.114. The first-order valence-electron chi connectivity index (χ1n) is 6.70.